The molecule has 0 amide bonds. The molecule has 0 fully saturated rings. The first-order chi connectivity index (χ1) is 8.81. The van der Waals surface area contributed by atoms with Crippen LogP contribution in [0.2, 0.25) is 0 Å². The van der Waals surface area contributed by atoms with Gasteiger partial charge in [0.25, 0.3) is 0 Å². The normalized spacial score (nSPS) is 11.3. The molecule has 0 heterocycles. The van der Waals surface area contributed by atoms with Crippen LogP contribution in [-0.2, 0) is 16.3 Å². The molecule has 0 aliphatic carbocycles. The summed E-state index contributed by atoms with van der Waals surface area (Å²) in [6.45, 7) is 7.38. The fourth-order valence-electron chi connectivity index (χ4n) is 1.72. The summed E-state index contributed by atoms with van der Waals surface area (Å²) in [6, 6.07) is 4.22. The summed E-state index contributed by atoms with van der Waals surface area (Å²) in [5.41, 5.74) is 1.23. The maximum absolute atomic E-state index is 12.3. The minimum absolute atomic E-state index is 0.0158. The molecule has 19 heavy (non-hydrogen) atoms. The Morgan fingerprint density at radius 2 is 1.95 bits per heavy atom. The number of aryl methyl sites for hydroxylation is 1. The Hall–Kier alpha value is -1.62. The molecule has 1 aromatic rings. The lowest BCUT2D eigenvalue weighted by Gasteiger charge is -2.11. The molecular weight excluding hydrogens is 264 g/mol. The molecule has 0 saturated heterocycles. The number of sulfone groups is 1. The lowest BCUT2D eigenvalue weighted by molar-refractivity contribution is 0.0696. The van der Waals surface area contributed by atoms with E-state index < -0.39 is 15.8 Å². The van der Waals surface area contributed by atoms with Gasteiger partial charge in [-0.15, -0.1) is 0 Å². The Labute approximate surface area is 113 Å². The summed E-state index contributed by atoms with van der Waals surface area (Å²) in [4.78, 5) is 11.0. The van der Waals surface area contributed by atoms with Crippen molar-refractivity contribution >= 4 is 15.8 Å². The van der Waals surface area contributed by atoms with E-state index in [9.17, 15) is 13.2 Å². The second-order valence-corrected chi connectivity index (χ2v) is 6.30. The molecule has 4 nitrogen and oxygen atoms in total. The molecule has 1 N–H and O–H groups in total. The van der Waals surface area contributed by atoms with Gasteiger partial charge in [-0.25, -0.2) is 13.2 Å². The van der Waals surface area contributed by atoms with Gasteiger partial charge >= 0.3 is 5.97 Å². The molecule has 104 valence electrons. The second-order valence-electron chi connectivity index (χ2n) is 4.34. The molecule has 5 heteroatoms. The number of hydrogen-bond acceptors (Lipinski definition) is 3. The van der Waals surface area contributed by atoms with Crippen LogP contribution in [0.1, 0.15) is 36.2 Å². The van der Waals surface area contributed by atoms with E-state index in [0.717, 1.165) is 0 Å². The van der Waals surface area contributed by atoms with Crippen LogP contribution in [0.25, 0.3) is 0 Å². The minimum Gasteiger partial charge on any atom is -0.478 e. The number of carboxylic acid groups (broad SMARTS) is 1. The standard InChI is InChI=1S/C14H18O4S/c1-4-10(3)9-19(17,18)13-8-12(14(15)16)7-6-11(13)5-2/h6-8H,3-5,9H2,1-2H3,(H,15,16). The summed E-state index contributed by atoms with van der Waals surface area (Å²) in [7, 11) is -3.53. The van der Waals surface area contributed by atoms with Crippen molar-refractivity contribution in [3.05, 3.63) is 41.5 Å². The van der Waals surface area contributed by atoms with Crippen LogP contribution in [0, 0.1) is 0 Å². The zero-order valence-corrected chi connectivity index (χ0v) is 12.0. The number of aromatic carboxylic acids is 1. The Morgan fingerprint density at radius 3 is 2.42 bits per heavy atom. The second kappa shape index (κ2) is 6.02. The first kappa shape index (κ1) is 15.4. The Kier molecular flexibility index (Phi) is 4.89. The quantitative estimate of drug-likeness (QED) is 0.814. The lowest BCUT2D eigenvalue weighted by atomic mass is 10.1. The van der Waals surface area contributed by atoms with Crippen molar-refractivity contribution in [1.82, 2.24) is 0 Å². The van der Waals surface area contributed by atoms with Gasteiger partial charge in [0.05, 0.1) is 16.2 Å². The highest BCUT2D eigenvalue weighted by molar-refractivity contribution is 7.91. The molecule has 1 aromatic carbocycles. The van der Waals surface area contributed by atoms with E-state index in [-0.39, 0.29) is 16.2 Å². The SMILES string of the molecule is C=C(CC)CS(=O)(=O)c1cc(C(=O)O)ccc1CC. The summed E-state index contributed by atoms with van der Waals surface area (Å²) in [5.74, 6) is -1.27. The predicted molar refractivity (Wildman–Crippen MR) is 74.3 cm³/mol. The monoisotopic (exact) mass is 282 g/mol. The van der Waals surface area contributed by atoms with E-state index in [1.165, 1.54) is 12.1 Å². The van der Waals surface area contributed by atoms with Crippen molar-refractivity contribution in [3.63, 3.8) is 0 Å². The van der Waals surface area contributed by atoms with Gasteiger partial charge < -0.3 is 5.11 Å². The van der Waals surface area contributed by atoms with Crippen molar-refractivity contribution in [2.24, 2.45) is 0 Å². The highest BCUT2D eigenvalue weighted by atomic mass is 32.2. The average Bonchev–Trinajstić information content (AvgIpc) is 2.37. The van der Waals surface area contributed by atoms with Crippen LogP contribution >= 0.6 is 0 Å². The van der Waals surface area contributed by atoms with E-state index in [1.807, 2.05) is 13.8 Å². The zero-order chi connectivity index (χ0) is 14.6. The smallest absolute Gasteiger partial charge is 0.335 e. The van der Waals surface area contributed by atoms with Crippen molar-refractivity contribution < 1.29 is 18.3 Å². The number of hydrogen-bond donors (Lipinski definition) is 1. The highest BCUT2D eigenvalue weighted by Gasteiger charge is 2.20. The summed E-state index contributed by atoms with van der Waals surface area (Å²) < 4.78 is 24.6. The van der Waals surface area contributed by atoms with Crippen LogP contribution < -0.4 is 0 Å². The molecule has 0 spiro atoms. The van der Waals surface area contributed by atoms with Crippen molar-refractivity contribution in [1.29, 1.82) is 0 Å². The van der Waals surface area contributed by atoms with Crippen molar-refractivity contribution in [2.45, 2.75) is 31.6 Å². The van der Waals surface area contributed by atoms with E-state index in [4.69, 9.17) is 5.11 Å². The van der Waals surface area contributed by atoms with Crippen molar-refractivity contribution in [2.75, 3.05) is 5.75 Å². The molecule has 0 radical (unpaired) electrons. The lowest BCUT2D eigenvalue weighted by Crippen LogP contribution is -2.12. The fourth-order valence-corrected chi connectivity index (χ4v) is 3.53. The third-order valence-electron chi connectivity index (χ3n) is 2.92. The van der Waals surface area contributed by atoms with Gasteiger partial charge in [0, 0.05) is 0 Å². The van der Waals surface area contributed by atoms with Crippen LogP contribution in [0.5, 0.6) is 0 Å². The zero-order valence-electron chi connectivity index (χ0n) is 11.1. The molecule has 0 atom stereocenters. The molecule has 0 aliphatic rings. The Bertz CT molecular complexity index is 600. The van der Waals surface area contributed by atoms with Gasteiger partial charge in [-0.3, -0.25) is 0 Å². The Balaban J connectivity index is 3.34. The first-order valence-electron chi connectivity index (χ1n) is 6.07. The van der Waals surface area contributed by atoms with Crippen LogP contribution in [0.4, 0.5) is 0 Å². The molecule has 0 aromatic heterocycles. The largest absolute Gasteiger partial charge is 0.478 e. The molecule has 0 saturated carbocycles. The topological polar surface area (TPSA) is 71.4 Å². The van der Waals surface area contributed by atoms with Crippen molar-refractivity contribution in [3.8, 4) is 0 Å². The van der Waals surface area contributed by atoms with Gasteiger partial charge in [-0.2, -0.15) is 0 Å². The third-order valence-corrected chi connectivity index (χ3v) is 4.76. The highest BCUT2D eigenvalue weighted by Crippen LogP contribution is 2.22. The number of benzene rings is 1. The summed E-state index contributed by atoms with van der Waals surface area (Å²) in [5, 5.41) is 8.95. The maximum atomic E-state index is 12.3. The number of carboxylic acids is 1. The van der Waals surface area contributed by atoms with Gasteiger partial charge in [0.1, 0.15) is 0 Å². The molecular formula is C14H18O4S. The van der Waals surface area contributed by atoms with E-state index in [2.05, 4.69) is 6.58 Å². The minimum atomic E-state index is -3.53. The number of carbonyl (C=O) groups is 1. The summed E-state index contributed by atoms with van der Waals surface area (Å²) >= 11 is 0. The first-order valence-corrected chi connectivity index (χ1v) is 7.72. The van der Waals surface area contributed by atoms with Gasteiger partial charge in [0.15, 0.2) is 9.84 Å². The van der Waals surface area contributed by atoms with Crippen LogP contribution in [0.3, 0.4) is 0 Å². The molecule has 0 unspecified atom stereocenters. The van der Waals surface area contributed by atoms with E-state index in [0.29, 0.717) is 24.0 Å². The number of rotatable bonds is 6. The van der Waals surface area contributed by atoms with Gasteiger partial charge in [-0.1, -0.05) is 32.1 Å². The van der Waals surface area contributed by atoms with Crippen LogP contribution in [-0.4, -0.2) is 25.2 Å². The molecule has 0 bridgehead atoms. The van der Waals surface area contributed by atoms with Gasteiger partial charge in [-0.05, 0) is 30.5 Å². The fraction of sp³-hybridized carbons (Fsp3) is 0.357. The average molecular weight is 282 g/mol. The third kappa shape index (κ3) is 3.67. The summed E-state index contributed by atoms with van der Waals surface area (Å²) in [6.07, 6.45) is 1.12. The van der Waals surface area contributed by atoms with Gasteiger partial charge in [0.2, 0.25) is 0 Å². The maximum Gasteiger partial charge on any atom is 0.335 e. The predicted octanol–water partition coefficient (Wildman–Crippen LogP) is 2.69. The van der Waals surface area contributed by atoms with E-state index >= 15 is 0 Å². The van der Waals surface area contributed by atoms with E-state index in [1.54, 1.807) is 6.07 Å². The van der Waals surface area contributed by atoms with Crippen LogP contribution in [0.15, 0.2) is 35.2 Å². The Morgan fingerprint density at radius 1 is 1.32 bits per heavy atom. The molecule has 0 aliphatic heterocycles. The molecule has 1 rings (SSSR count).